The van der Waals surface area contributed by atoms with E-state index in [9.17, 15) is 4.79 Å². The normalized spacial score (nSPS) is 11.3. The van der Waals surface area contributed by atoms with Crippen molar-refractivity contribution in [2.75, 3.05) is 19.7 Å². The largest absolute Gasteiger partial charge is 0.480 e. The van der Waals surface area contributed by atoms with Crippen molar-refractivity contribution in [3.05, 3.63) is 0 Å². The summed E-state index contributed by atoms with van der Waals surface area (Å²) in [7, 11) is 0. The number of aliphatic carboxylic acids is 1. The van der Waals surface area contributed by atoms with Gasteiger partial charge in [-0.1, -0.05) is 12.8 Å². The van der Waals surface area contributed by atoms with Gasteiger partial charge in [0.1, 0.15) is 0 Å². The SMILES string of the molecule is CC(C)N(CCCCCCO)CC(=O)O. The minimum atomic E-state index is -0.765. The van der Waals surface area contributed by atoms with E-state index < -0.39 is 5.97 Å². The van der Waals surface area contributed by atoms with Crippen LogP contribution in [0.1, 0.15) is 39.5 Å². The van der Waals surface area contributed by atoms with E-state index in [0.29, 0.717) is 0 Å². The Balaban J connectivity index is 3.62. The van der Waals surface area contributed by atoms with Crippen LogP contribution < -0.4 is 0 Å². The van der Waals surface area contributed by atoms with E-state index in [4.69, 9.17) is 10.2 Å². The molecule has 0 heterocycles. The first-order valence-electron chi connectivity index (χ1n) is 5.64. The molecule has 90 valence electrons. The molecule has 0 fully saturated rings. The third-order valence-electron chi connectivity index (χ3n) is 2.42. The average Bonchev–Trinajstić information content (AvgIpc) is 2.15. The second kappa shape index (κ2) is 8.68. The van der Waals surface area contributed by atoms with E-state index in [-0.39, 0.29) is 19.2 Å². The lowest BCUT2D eigenvalue weighted by molar-refractivity contribution is -0.138. The molecule has 4 nitrogen and oxygen atoms in total. The second-order valence-corrected chi connectivity index (χ2v) is 4.10. The van der Waals surface area contributed by atoms with Crippen molar-refractivity contribution in [1.82, 2.24) is 4.90 Å². The number of carboxylic acid groups (broad SMARTS) is 1. The van der Waals surface area contributed by atoms with Crippen LogP contribution >= 0.6 is 0 Å². The van der Waals surface area contributed by atoms with Gasteiger partial charge < -0.3 is 10.2 Å². The summed E-state index contributed by atoms with van der Waals surface area (Å²) >= 11 is 0. The predicted molar refractivity (Wildman–Crippen MR) is 59.9 cm³/mol. The molecule has 2 N–H and O–H groups in total. The van der Waals surface area contributed by atoms with Gasteiger partial charge in [-0.05, 0) is 33.2 Å². The summed E-state index contributed by atoms with van der Waals surface area (Å²) in [6.45, 7) is 5.23. The van der Waals surface area contributed by atoms with Gasteiger partial charge in [-0.25, -0.2) is 0 Å². The van der Waals surface area contributed by atoms with E-state index in [0.717, 1.165) is 32.2 Å². The highest BCUT2D eigenvalue weighted by atomic mass is 16.4. The molecule has 15 heavy (non-hydrogen) atoms. The molecule has 4 heteroatoms. The standard InChI is InChI=1S/C11H23NO3/c1-10(2)12(9-11(14)15)7-5-3-4-6-8-13/h10,13H,3-9H2,1-2H3,(H,14,15). The Bertz CT molecular complexity index is 171. The van der Waals surface area contributed by atoms with E-state index in [2.05, 4.69) is 0 Å². The van der Waals surface area contributed by atoms with Crippen molar-refractivity contribution in [3.63, 3.8) is 0 Å². The monoisotopic (exact) mass is 217 g/mol. The zero-order valence-corrected chi connectivity index (χ0v) is 9.78. The van der Waals surface area contributed by atoms with Crippen LogP contribution in [0.3, 0.4) is 0 Å². The van der Waals surface area contributed by atoms with Gasteiger partial charge in [0.25, 0.3) is 0 Å². The molecule has 0 saturated carbocycles. The summed E-state index contributed by atoms with van der Waals surface area (Å²) in [5, 5.41) is 17.3. The smallest absolute Gasteiger partial charge is 0.317 e. The molecule has 0 radical (unpaired) electrons. The highest BCUT2D eigenvalue weighted by molar-refractivity contribution is 5.69. The summed E-state index contributed by atoms with van der Waals surface area (Å²) in [6.07, 6.45) is 3.94. The van der Waals surface area contributed by atoms with Gasteiger partial charge in [0.2, 0.25) is 0 Å². The van der Waals surface area contributed by atoms with Crippen molar-refractivity contribution >= 4 is 5.97 Å². The van der Waals surface area contributed by atoms with Crippen LogP contribution in [0.5, 0.6) is 0 Å². The highest BCUT2D eigenvalue weighted by Crippen LogP contribution is 2.04. The Labute approximate surface area is 91.9 Å². The molecule has 0 aromatic rings. The van der Waals surface area contributed by atoms with Crippen molar-refractivity contribution < 1.29 is 15.0 Å². The number of carboxylic acids is 1. The fourth-order valence-corrected chi connectivity index (χ4v) is 1.47. The van der Waals surface area contributed by atoms with E-state index in [1.54, 1.807) is 0 Å². The van der Waals surface area contributed by atoms with Gasteiger partial charge in [0.05, 0.1) is 6.54 Å². The molecule has 0 bridgehead atoms. The van der Waals surface area contributed by atoms with Gasteiger partial charge >= 0.3 is 5.97 Å². The first-order chi connectivity index (χ1) is 7.07. The van der Waals surface area contributed by atoms with Gasteiger partial charge in [-0.2, -0.15) is 0 Å². The number of carbonyl (C=O) groups is 1. The number of aliphatic hydroxyl groups excluding tert-OH is 1. The first kappa shape index (κ1) is 14.4. The lowest BCUT2D eigenvalue weighted by Gasteiger charge is -2.24. The Morgan fingerprint density at radius 3 is 2.27 bits per heavy atom. The number of aliphatic hydroxyl groups is 1. The maximum absolute atomic E-state index is 10.6. The molecule has 0 rings (SSSR count). The van der Waals surface area contributed by atoms with E-state index in [1.807, 2.05) is 18.7 Å². The van der Waals surface area contributed by atoms with Crippen LogP contribution in [0.15, 0.2) is 0 Å². The van der Waals surface area contributed by atoms with Crippen LogP contribution in [0.4, 0.5) is 0 Å². The topological polar surface area (TPSA) is 60.8 Å². The van der Waals surface area contributed by atoms with Crippen LogP contribution in [0.25, 0.3) is 0 Å². The summed E-state index contributed by atoms with van der Waals surface area (Å²) in [6, 6.07) is 0.277. The molecule has 0 spiro atoms. The summed E-state index contributed by atoms with van der Waals surface area (Å²) < 4.78 is 0. The Hall–Kier alpha value is -0.610. The summed E-state index contributed by atoms with van der Waals surface area (Å²) in [5.41, 5.74) is 0. The zero-order valence-electron chi connectivity index (χ0n) is 9.78. The average molecular weight is 217 g/mol. The van der Waals surface area contributed by atoms with Gasteiger partial charge in [0, 0.05) is 12.6 Å². The molecule has 0 aliphatic heterocycles. The lowest BCUT2D eigenvalue weighted by Crippen LogP contribution is -2.36. The first-order valence-corrected chi connectivity index (χ1v) is 5.64. The van der Waals surface area contributed by atoms with Crippen LogP contribution in [-0.4, -0.2) is 46.8 Å². The summed E-state index contributed by atoms with van der Waals surface area (Å²) in [4.78, 5) is 12.5. The minimum absolute atomic E-state index is 0.123. The Morgan fingerprint density at radius 1 is 1.20 bits per heavy atom. The maximum atomic E-state index is 10.6. The van der Waals surface area contributed by atoms with Crippen LogP contribution in [0, 0.1) is 0 Å². The zero-order chi connectivity index (χ0) is 11.7. The fraction of sp³-hybridized carbons (Fsp3) is 0.909. The molecule has 0 unspecified atom stereocenters. The molecule has 0 atom stereocenters. The van der Waals surface area contributed by atoms with Crippen LogP contribution in [0.2, 0.25) is 0 Å². The number of hydrogen-bond acceptors (Lipinski definition) is 3. The van der Waals surface area contributed by atoms with Gasteiger partial charge in [-0.3, -0.25) is 9.69 Å². The molecular formula is C11H23NO3. The quantitative estimate of drug-likeness (QED) is 0.572. The van der Waals surface area contributed by atoms with Crippen molar-refractivity contribution in [1.29, 1.82) is 0 Å². The molecular weight excluding hydrogens is 194 g/mol. The molecule has 0 amide bonds. The summed E-state index contributed by atoms with van der Waals surface area (Å²) in [5.74, 6) is -0.765. The fourth-order valence-electron chi connectivity index (χ4n) is 1.47. The molecule has 0 aromatic carbocycles. The van der Waals surface area contributed by atoms with Gasteiger partial charge in [-0.15, -0.1) is 0 Å². The Morgan fingerprint density at radius 2 is 1.80 bits per heavy atom. The molecule has 0 aliphatic rings. The van der Waals surface area contributed by atoms with E-state index >= 15 is 0 Å². The predicted octanol–water partition coefficient (Wildman–Crippen LogP) is 1.33. The third kappa shape index (κ3) is 8.39. The van der Waals surface area contributed by atoms with Crippen molar-refractivity contribution in [2.24, 2.45) is 0 Å². The number of rotatable bonds is 9. The maximum Gasteiger partial charge on any atom is 0.317 e. The number of unbranched alkanes of at least 4 members (excludes halogenated alkanes) is 3. The molecule has 0 saturated heterocycles. The second-order valence-electron chi connectivity index (χ2n) is 4.10. The third-order valence-corrected chi connectivity index (χ3v) is 2.42. The highest BCUT2D eigenvalue weighted by Gasteiger charge is 2.12. The lowest BCUT2D eigenvalue weighted by atomic mass is 10.2. The van der Waals surface area contributed by atoms with Gasteiger partial charge in [0.15, 0.2) is 0 Å². The number of hydrogen-bond donors (Lipinski definition) is 2. The van der Waals surface area contributed by atoms with E-state index in [1.165, 1.54) is 0 Å². The Kier molecular flexibility index (Phi) is 8.33. The molecule has 0 aromatic heterocycles. The number of nitrogens with zero attached hydrogens (tertiary/aromatic N) is 1. The minimum Gasteiger partial charge on any atom is -0.480 e. The van der Waals surface area contributed by atoms with Crippen LogP contribution in [-0.2, 0) is 4.79 Å². The molecule has 0 aliphatic carbocycles. The van der Waals surface area contributed by atoms with Crippen molar-refractivity contribution in [3.8, 4) is 0 Å². The van der Waals surface area contributed by atoms with Crippen molar-refractivity contribution in [2.45, 2.75) is 45.6 Å².